The van der Waals surface area contributed by atoms with Crippen molar-refractivity contribution in [3.63, 3.8) is 0 Å². The minimum Gasteiger partial charge on any atom is -0.299 e. The van der Waals surface area contributed by atoms with Crippen molar-refractivity contribution in [1.82, 2.24) is 0 Å². The normalized spacial score (nSPS) is 37.4. The van der Waals surface area contributed by atoms with E-state index in [2.05, 4.69) is 6.92 Å². The Bertz CT molecular complexity index is 255. The van der Waals surface area contributed by atoms with Crippen molar-refractivity contribution in [3.8, 4) is 0 Å². The minimum atomic E-state index is 0.414. The zero-order valence-corrected chi connectivity index (χ0v) is 12.3. The van der Waals surface area contributed by atoms with E-state index in [4.69, 9.17) is 0 Å². The summed E-state index contributed by atoms with van der Waals surface area (Å²) in [5.74, 6) is 3.84. The van der Waals surface area contributed by atoms with Crippen LogP contribution in [0.15, 0.2) is 0 Å². The van der Waals surface area contributed by atoms with Crippen LogP contribution in [0.1, 0.15) is 78.1 Å². The van der Waals surface area contributed by atoms with Crippen LogP contribution < -0.4 is 0 Å². The lowest BCUT2D eigenvalue weighted by atomic mass is 9.73. The number of carbonyl (C=O) groups excluding carboxylic acids is 1. The Labute approximate surface area is 113 Å². The molecule has 0 aromatic carbocycles. The maximum absolute atomic E-state index is 11.7. The van der Waals surface area contributed by atoms with Crippen LogP contribution in [-0.2, 0) is 4.79 Å². The van der Waals surface area contributed by atoms with Gasteiger partial charge in [0, 0.05) is 12.3 Å². The van der Waals surface area contributed by atoms with Crippen LogP contribution in [0.3, 0.4) is 0 Å². The maximum atomic E-state index is 11.7. The summed E-state index contributed by atoms with van der Waals surface area (Å²) in [5.41, 5.74) is 0. The van der Waals surface area contributed by atoms with Crippen LogP contribution in [0.2, 0.25) is 0 Å². The van der Waals surface area contributed by atoms with Gasteiger partial charge in [0.1, 0.15) is 5.78 Å². The first-order valence-corrected chi connectivity index (χ1v) is 8.21. The molecule has 0 aromatic heterocycles. The highest BCUT2D eigenvalue weighted by Gasteiger charge is 2.28. The molecule has 0 unspecified atom stereocenters. The standard InChI is InChI=1S/C17H30O/c1-3-17(18)16-10-8-15(9-11-16)12-14-6-4-13(2)5-7-14/h13-16H,3-12H2,1-2H3. The largest absolute Gasteiger partial charge is 0.299 e. The van der Waals surface area contributed by atoms with Crippen molar-refractivity contribution in [2.75, 3.05) is 0 Å². The fraction of sp³-hybridized carbons (Fsp3) is 0.941. The quantitative estimate of drug-likeness (QED) is 0.687. The van der Waals surface area contributed by atoms with Gasteiger partial charge < -0.3 is 0 Å². The molecule has 0 heterocycles. The van der Waals surface area contributed by atoms with E-state index in [1.54, 1.807) is 0 Å². The summed E-state index contributed by atoms with van der Waals surface area (Å²) in [6.07, 6.45) is 13.0. The zero-order chi connectivity index (χ0) is 13.0. The molecule has 0 radical (unpaired) electrons. The Balaban J connectivity index is 1.69. The number of Topliss-reactive ketones (excluding diaryl/α,β-unsaturated/α-hetero) is 1. The molecule has 2 rings (SSSR count). The molecule has 0 aliphatic heterocycles. The van der Waals surface area contributed by atoms with Crippen molar-refractivity contribution in [1.29, 1.82) is 0 Å². The van der Waals surface area contributed by atoms with E-state index in [0.29, 0.717) is 11.7 Å². The van der Waals surface area contributed by atoms with Crippen LogP contribution in [-0.4, -0.2) is 5.78 Å². The summed E-state index contributed by atoms with van der Waals surface area (Å²) in [7, 11) is 0. The lowest BCUT2D eigenvalue weighted by molar-refractivity contribution is -0.123. The SMILES string of the molecule is CCC(=O)C1CCC(CC2CCC(C)CC2)CC1. The fourth-order valence-electron chi connectivity index (χ4n) is 4.05. The average Bonchev–Trinajstić information content (AvgIpc) is 2.41. The molecule has 0 bridgehead atoms. The van der Waals surface area contributed by atoms with Gasteiger partial charge in [-0.3, -0.25) is 4.79 Å². The second-order valence-electron chi connectivity index (χ2n) is 6.90. The van der Waals surface area contributed by atoms with Crippen LogP contribution >= 0.6 is 0 Å². The number of ketones is 1. The van der Waals surface area contributed by atoms with Crippen molar-refractivity contribution in [2.45, 2.75) is 78.1 Å². The molecular weight excluding hydrogens is 220 g/mol. The van der Waals surface area contributed by atoms with Crippen LogP contribution in [0.4, 0.5) is 0 Å². The predicted octanol–water partition coefficient (Wildman–Crippen LogP) is 4.99. The van der Waals surface area contributed by atoms with E-state index in [-0.39, 0.29) is 0 Å². The molecule has 1 nitrogen and oxygen atoms in total. The maximum Gasteiger partial charge on any atom is 0.135 e. The molecule has 0 spiro atoms. The van der Waals surface area contributed by atoms with Gasteiger partial charge in [-0.1, -0.05) is 39.5 Å². The molecule has 18 heavy (non-hydrogen) atoms. The van der Waals surface area contributed by atoms with Gasteiger partial charge in [-0.15, -0.1) is 0 Å². The molecule has 1 heteroatoms. The van der Waals surface area contributed by atoms with Crippen molar-refractivity contribution >= 4 is 5.78 Å². The zero-order valence-electron chi connectivity index (χ0n) is 12.3. The molecule has 104 valence electrons. The van der Waals surface area contributed by atoms with Crippen molar-refractivity contribution in [2.24, 2.45) is 23.7 Å². The monoisotopic (exact) mass is 250 g/mol. The first-order valence-electron chi connectivity index (χ1n) is 8.21. The van der Waals surface area contributed by atoms with E-state index in [1.165, 1.54) is 57.8 Å². The second-order valence-corrected chi connectivity index (χ2v) is 6.90. The Morgan fingerprint density at radius 1 is 0.889 bits per heavy atom. The molecule has 0 atom stereocenters. The first kappa shape index (κ1) is 14.1. The van der Waals surface area contributed by atoms with E-state index in [1.807, 2.05) is 6.92 Å². The lowest BCUT2D eigenvalue weighted by Crippen LogP contribution is -2.23. The van der Waals surface area contributed by atoms with E-state index >= 15 is 0 Å². The van der Waals surface area contributed by atoms with Gasteiger partial charge in [-0.25, -0.2) is 0 Å². The second kappa shape index (κ2) is 6.73. The summed E-state index contributed by atoms with van der Waals surface area (Å²) >= 11 is 0. The number of rotatable bonds is 4. The Morgan fingerprint density at radius 2 is 1.39 bits per heavy atom. The number of hydrogen-bond donors (Lipinski definition) is 0. The van der Waals surface area contributed by atoms with Crippen molar-refractivity contribution in [3.05, 3.63) is 0 Å². The fourth-order valence-corrected chi connectivity index (χ4v) is 4.05. The minimum absolute atomic E-state index is 0.414. The van der Waals surface area contributed by atoms with E-state index < -0.39 is 0 Å². The summed E-state index contributed by atoms with van der Waals surface area (Å²) in [6, 6.07) is 0. The molecule has 0 amide bonds. The van der Waals surface area contributed by atoms with Gasteiger partial charge >= 0.3 is 0 Å². The topological polar surface area (TPSA) is 17.1 Å². The number of hydrogen-bond acceptors (Lipinski definition) is 1. The molecule has 2 saturated carbocycles. The van der Waals surface area contributed by atoms with E-state index in [0.717, 1.165) is 24.2 Å². The van der Waals surface area contributed by atoms with Gasteiger partial charge in [0.15, 0.2) is 0 Å². The average molecular weight is 250 g/mol. The first-order chi connectivity index (χ1) is 8.69. The van der Waals surface area contributed by atoms with Crippen LogP contribution in [0, 0.1) is 23.7 Å². The Kier molecular flexibility index (Phi) is 5.26. The highest BCUT2D eigenvalue weighted by atomic mass is 16.1. The van der Waals surface area contributed by atoms with Crippen LogP contribution in [0.25, 0.3) is 0 Å². The van der Waals surface area contributed by atoms with Crippen LogP contribution in [0.5, 0.6) is 0 Å². The molecule has 0 N–H and O–H groups in total. The molecule has 2 aliphatic rings. The highest BCUT2D eigenvalue weighted by Crippen LogP contribution is 2.38. The third-order valence-corrected chi connectivity index (χ3v) is 5.45. The molecule has 0 aromatic rings. The molecule has 0 saturated heterocycles. The summed E-state index contributed by atoms with van der Waals surface area (Å²) in [5, 5.41) is 0. The third kappa shape index (κ3) is 3.83. The summed E-state index contributed by atoms with van der Waals surface area (Å²) in [6.45, 7) is 4.41. The Hall–Kier alpha value is -0.330. The Morgan fingerprint density at radius 3 is 1.89 bits per heavy atom. The molecule has 2 fully saturated rings. The smallest absolute Gasteiger partial charge is 0.135 e. The van der Waals surface area contributed by atoms with Crippen molar-refractivity contribution < 1.29 is 4.79 Å². The number of carbonyl (C=O) groups is 1. The predicted molar refractivity (Wildman–Crippen MR) is 76.5 cm³/mol. The van der Waals surface area contributed by atoms with Gasteiger partial charge in [-0.2, -0.15) is 0 Å². The third-order valence-electron chi connectivity index (χ3n) is 5.45. The van der Waals surface area contributed by atoms with Gasteiger partial charge in [0.2, 0.25) is 0 Å². The molecular formula is C17H30O. The lowest BCUT2D eigenvalue weighted by Gasteiger charge is -2.33. The summed E-state index contributed by atoms with van der Waals surface area (Å²) in [4.78, 5) is 11.7. The van der Waals surface area contributed by atoms with E-state index in [9.17, 15) is 4.79 Å². The van der Waals surface area contributed by atoms with Gasteiger partial charge in [0.05, 0.1) is 0 Å². The van der Waals surface area contributed by atoms with Gasteiger partial charge in [-0.05, 0) is 49.9 Å². The highest BCUT2D eigenvalue weighted by molar-refractivity contribution is 5.80. The van der Waals surface area contributed by atoms with Gasteiger partial charge in [0.25, 0.3) is 0 Å². The summed E-state index contributed by atoms with van der Waals surface area (Å²) < 4.78 is 0. The molecule has 2 aliphatic carbocycles.